The summed E-state index contributed by atoms with van der Waals surface area (Å²) < 4.78 is 93.2. The molecule has 4 nitrogen and oxygen atoms in total. The first-order chi connectivity index (χ1) is 11.6. The molecule has 0 radical (unpaired) electrons. The minimum atomic E-state index is -5.24. The Bertz CT molecular complexity index is 411. The Labute approximate surface area is 159 Å². The lowest BCUT2D eigenvalue weighted by molar-refractivity contribution is -0.327. The van der Waals surface area contributed by atoms with Gasteiger partial charge in [-0.05, 0) is 27.7 Å². The summed E-state index contributed by atoms with van der Waals surface area (Å²) >= 11 is 0. The summed E-state index contributed by atoms with van der Waals surface area (Å²) in [4.78, 5) is 9.44. The Morgan fingerprint density at radius 1 is 0.815 bits per heavy atom. The van der Waals surface area contributed by atoms with Crippen molar-refractivity contribution in [3.05, 3.63) is 0 Å². The summed E-state index contributed by atoms with van der Waals surface area (Å²) in [5.74, 6) is 0.167. The van der Waals surface area contributed by atoms with Crippen LogP contribution in [0.2, 0.25) is 0 Å². The number of Topliss-reactive ketones (excluding diaryl/α,β-unsaturated/α-hetero) is 1. The third-order valence-corrected chi connectivity index (χ3v) is 1.92. The fraction of sp³-hybridized carbons (Fsp3) is 0.938. The largest absolute Gasteiger partial charge is 0.402 e. The molecule has 0 atom stereocenters. The topological polar surface area (TPSA) is 60.4 Å². The number of ketones is 1. The van der Waals surface area contributed by atoms with Crippen molar-refractivity contribution in [2.24, 2.45) is 5.41 Å². The van der Waals surface area contributed by atoms with E-state index in [2.05, 4.69) is 18.6 Å². The van der Waals surface area contributed by atoms with Crippen LogP contribution in [0, 0.1) is 5.41 Å². The van der Waals surface area contributed by atoms with Crippen molar-refractivity contribution in [3.8, 4) is 0 Å². The maximum Gasteiger partial charge on any atom is 0.402 e. The van der Waals surface area contributed by atoms with Crippen molar-refractivity contribution in [2.75, 3.05) is 26.7 Å². The summed E-state index contributed by atoms with van der Waals surface area (Å²) in [5, 5.41) is 0. The maximum atomic E-state index is 11.6. The first-order valence-electron chi connectivity index (χ1n) is 7.72. The number of carbonyl (C=O) groups is 1. The summed E-state index contributed by atoms with van der Waals surface area (Å²) in [5.41, 5.74) is -3.62. The normalized spacial score (nSPS) is 11.1. The first-order valence-corrected chi connectivity index (χ1v) is 10.0. The molecule has 0 spiro atoms. The van der Waals surface area contributed by atoms with Crippen molar-refractivity contribution in [1.82, 2.24) is 0 Å². The molecule has 0 aliphatic carbocycles. The third kappa shape index (κ3) is 40.9. The number of sulfone groups is 1. The van der Waals surface area contributed by atoms with Crippen LogP contribution in [0.15, 0.2) is 0 Å². The lowest BCUT2D eigenvalue weighted by Crippen LogP contribution is -2.44. The zero-order chi connectivity index (χ0) is 23.7. The molecule has 0 aromatic carbocycles. The lowest BCUT2D eigenvalue weighted by Gasteiger charge is -2.29. The van der Waals surface area contributed by atoms with E-state index >= 15 is 0 Å². The number of unbranched alkanes of at least 4 members (excludes halogenated alkanes) is 1. The second-order valence-corrected chi connectivity index (χ2v) is 8.37. The number of hydrogen-bond donors (Lipinski definition) is 0. The molecule has 170 valence electrons. The average molecular weight is 436 g/mol. The zero-order valence-electron chi connectivity index (χ0n) is 17.7. The van der Waals surface area contributed by atoms with Gasteiger partial charge in [-0.1, -0.05) is 26.7 Å². The SMILES string of the molecule is CC(C)(C(F)(F)F)C(F)(F)F.CC(C)=O.CCCC.COC.CS(C)(=O)=O. The number of rotatable bonds is 1. The molecule has 0 saturated heterocycles. The van der Waals surface area contributed by atoms with Crippen molar-refractivity contribution >= 4 is 15.6 Å². The highest BCUT2D eigenvalue weighted by atomic mass is 32.2. The molecule has 0 aliphatic heterocycles. The maximum absolute atomic E-state index is 11.6. The third-order valence-electron chi connectivity index (χ3n) is 1.92. The second-order valence-electron chi connectivity index (χ2n) is 6.08. The fourth-order valence-electron chi connectivity index (χ4n) is 0.161. The van der Waals surface area contributed by atoms with Crippen LogP contribution in [0.25, 0.3) is 0 Å². The molecule has 0 aromatic heterocycles. The molecule has 27 heavy (non-hydrogen) atoms. The van der Waals surface area contributed by atoms with E-state index < -0.39 is 27.6 Å². The van der Waals surface area contributed by atoms with Gasteiger partial charge in [0, 0.05) is 26.7 Å². The highest BCUT2D eigenvalue weighted by Crippen LogP contribution is 2.49. The zero-order valence-corrected chi connectivity index (χ0v) is 18.5. The number of halogens is 6. The van der Waals surface area contributed by atoms with E-state index in [0.717, 1.165) is 12.5 Å². The Hall–Kier alpha value is -0.840. The van der Waals surface area contributed by atoms with E-state index in [4.69, 9.17) is 0 Å². The molecule has 0 bridgehead atoms. The van der Waals surface area contributed by atoms with E-state index in [1.165, 1.54) is 26.7 Å². The van der Waals surface area contributed by atoms with E-state index in [9.17, 15) is 39.6 Å². The summed E-state index contributed by atoms with van der Waals surface area (Å²) in [6, 6.07) is 0. The summed E-state index contributed by atoms with van der Waals surface area (Å²) in [7, 11) is 0.583. The Kier molecular flexibility index (Phi) is 23.7. The Morgan fingerprint density at radius 3 is 0.926 bits per heavy atom. The molecule has 0 aliphatic rings. The number of hydrogen-bond acceptors (Lipinski definition) is 4. The fourth-order valence-corrected chi connectivity index (χ4v) is 0.161. The predicted octanol–water partition coefficient (Wildman–Crippen LogP) is 5.46. The molecule has 11 heteroatoms. The van der Waals surface area contributed by atoms with Gasteiger partial charge in [0.2, 0.25) is 0 Å². The van der Waals surface area contributed by atoms with Gasteiger partial charge in [0.25, 0.3) is 0 Å². The lowest BCUT2D eigenvalue weighted by atomic mass is 9.92. The van der Waals surface area contributed by atoms with Gasteiger partial charge in [-0.25, -0.2) is 8.42 Å². The van der Waals surface area contributed by atoms with Crippen molar-refractivity contribution < 1.29 is 44.3 Å². The van der Waals surface area contributed by atoms with Crippen LogP contribution in [0.5, 0.6) is 0 Å². The van der Waals surface area contributed by atoms with Gasteiger partial charge in [-0.2, -0.15) is 26.3 Å². The van der Waals surface area contributed by atoms with Crippen LogP contribution in [-0.4, -0.2) is 53.3 Å². The van der Waals surface area contributed by atoms with Crippen LogP contribution in [0.4, 0.5) is 26.3 Å². The monoisotopic (exact) mass is 436 g/mol. The molecule has 0 unspecified atom stereocenters. The van der Waals surface area contributed by atoms with Gasteiger partial charge in [-0.3, -0.25) is 0 Å². The van der Waals surface area contributed by atoms with E-state index in [0.29, 0.717) is 0 Å². The van der Waals surface area contributed by atoms with Gasteiger partial charge < -0.3 is 9.53 Å². The molecule has 0 saturated carbocycles. The molecule has 0 rings (SSSR count). The average Bonchev–Trinajstić information content (AvgIpc) is 2.34. The summed E-state index contributed by atoms with van der Waals surface area (Å²) in [6.45, 7) is 7.62. The van der Waals surface area contributed by atoms with Gasteiger partial charge in [0.1, 0.15) is 15.6 Å². The van der Waals surface area contributed by atoms with Gasteiger partial charge in [0.15, 0.2) is 5.41 Å². The Morgan fingerprint density at radius 2 is 0.926 bits per heavy atom. The van der Waals surface area contributed by atoms with Gasteiger partial charge >= 0.3 is 12.4 Å². The van der Waals surface area contributed by atoms with Crippen LogP contribution < -0.4 is 0 Å². The number of carbonyl (C=O) groups excluding carboxylic acids is 1. The molecule has 0 aromatic rings. The van der Waals surface area contributed by atoms with Crippen LogP contribution in [0.1, 0.15) is 54.4 Å². The molecule has 0 fully saturated rings. The molecule has 0 amide bonds. The second kappa shape index (κ2) is 17.3. The highest BCUT2D eigenvalue weighted by Gasteiger charge is 2.64. The van der Waals surface area contributed by atoms with Crippen LogP contribution in [0.3, 0.4) is 0 Å². The quantitative estimate of drug-likeness (QED) is 0.512. The van der Waals surface area contributed by atoms with E-state index in [-0.39, 0.29) is 19.6 Å². The molecule has 0 N–H and O–H groups in total. The molecule has 0 heterocycles. The molecular weight excluding hydrogens is 402 g/mol. The van der Waals surface area contributed by atoms with Crippen molar-refractivity contribution in [1.29, 1.82) is 0 Å². The predicted molar refractivity (Wildman–Crippen MR) is 96.5 cm³/mol. The highest BCUT2D eigenvalue weighted by molar-refractivity contribution is 7.89. The summed E-state index contributed by atoms with van der Waals surface area (Å²) in [6.07, 6.45) is -5.53. The van der Waals surface area contributed by atoms with Crippen molar-refractivity contribution in [2.45, 2.75) is 66.7 Å². The smallest absolute Gasteiger partial charge is 0.388 e. The molecular formula is C16H34F6O4S. The van der Waals surface area contributed by atoms with Crippen molar-refractivity contribution in [3.63, 3.8) is 0 Å². The van der Waals surface area contributed by atoms with E-state index in [1.54, 1.807) is 14.2 Å². The van der Waals surface area contributed by atoms with Gasteiger partial charge in [-0.15, -0.1) is 0 Å². The van der Waals surface area contributed by atoms with Crippen LogP contribution in [-0.2, 0) is 19.4 Å². The first kappa shape index (κ1) is 37.0. The number of ether oxygens (including phenoxy) is 1. The van der Waals surface area contributed by atoms with Crippen LogP contribution >= 0.6 is 0 Å². The van der Waals surface area contributed by atoms with Gasteiger partial charge in [0.05, 0.1) is 0 Å². The standard InChI is InChI=1S/C5H6F6.C4H10.C3H6O.C2H6O2S.C2H6O/c1-3(2,4(6,7)8)5(9,10)11;1-3-4-2;1-3(2)4;1-5(2,3)4;1-3-2/h1-2H3;3-4H2,1-2H3;1-2H3;1-2H3;1-2H3. The minimum Gasteiger partial charge on any atom is -0.388 e. The minimum absolute atomic E-state index is 0.104. The van der Waals surface area contributed by atoms with E-state index in [1.807, 2.05) is 0 Å². The number of methoxy groups -OCH3 is 1. The Balaban J connectivity index is -0.0000000844. The number of alkyl halides is 6.